The predicted molar refractivity (Wildman–Crippen MR) is 132 cm³/mol. The van der Waals surface area contributed by atoms with Crippen molar-refractivity contribution in [1.82, 2.24) is 14.1 Å². The number of ether oxygens (including phenoxy) is 2. The highest BCUT2D eigenvalue weighted by molar-refractivity contribution is 7.89. The van der Waals surface area contributed by atoms with Crippen molar-refractivity contribution in [1.29, 1.82) is 0 Å². The van der Waals surface area contributed by atoms with Crippen LogP contribution >= 0.6 is 23.2 Å². The summed E-state index contributed by atoms with van der Waals surface area (Å²) in [5.41, 5.74) is 1.57. The Kier molecular flexibility index (Phi) is 7.89. The lowest BCUT2D eigenvalue weighted by atomic mass is 9.93. The van der Waals surface area contributed by atoms with Crippen LogP contribution in [0.3, 0.4) is 0 Å². The molecule has 0 bridgehead atoms. The van der Waals surface area contributed by atoms with Gasteiger partial charge in [-0.25, -0.2) is 12.8 Å². The SMILES string of the molecule is CCOC(=O)Cn1ncc2c1CCCC2N(C)S(=O)(=O)c1ccc(Oc2ccc(Cl)c(F)c2)c(Cl)c1. The lowest BCUT2D eigenvalue weighted by Crippen LogP contribution is -2.33. The van der Waals surface area contributed by atoms with E-state index in [1.165, 1.54) is 41.7 Å². The van der Waals surface area contributed by atoms with Gasteiger partial charge in [0.05, 0.1) is 33.8 Å². The van der Waals surface area contributed by atoms with E-state index in [0.717, 1.165) is 23.7 Å². The topological polar surface area (TPSA) is 90.7 Å². The van der Waals surface area contributed by atoms with Crippen molar-refractivity contribution in [3.05, 3.63) is 69.7 Å². The zero-order valence-corrected chi connectivity index (χ0v) is 21.9. The number of carbonyl (C=O) groups excluding carboxylic acids is 1. The van der Waals surface area contributed by atoms with Crippen LogP contribution in [0.5, 0.6) is 11.5 Å². The maximum absolute atomic E-state index is 13.7. The molecule has 0 N–H and O–H groups in total. The Labute approximate surface area is 218 Å². The van der Waals surface area contributed by atoms with Gasteiger partial charge in [0.15, 0.2) is 0 Å². The van der Waals surface area contributed by atoms with Gasteiger partial charge in [0.1, 0.15) is 23.9 Å². The second-order valence-corrected chi connectivity index (χ2v) is 11.0. The monoisotopic (exact) mass is 555 g/mol. The molecule has 12 heteroatoms. The van der Waals surface area contributed by atoms with Gasteiger partial charge in [-0.2, -0.15) is 9.40 Å². The number of hydrogen-bond donors (Lipinski definition) is 0. The normalized spacial score (nSPS) is 15.6. The highest BCUT2D eigenvalue weighted by Crippen LogP contribution is 2.38. The number of benzene rings is 2. The second kappa shape index (κ2) is 10.8. The summed E-state index contributed by atoms with van der Waals surface area (Å²) in [5, 5.41) is 4.31. The average molecular weight is 556 g/mol. The van der Waals surface area contributed by atoms with Crippen LogP contribution in [0.25, 0.3) is 0 Å². The molecule has 0 saturated heterocycles. The molecular weight excluding hydrogens is 532 g/mol. The van der Waals surface area contributed by atoms with Crippen LogP contribution in [-0.4, -0.2) is 42.1 Å². The minimum atomic E-state index is -3.94. The first-order valence-corrected chi connectivity index (χ1v) is 13.4. The van der Waals surface area contributed by atoms with Gasteiger partial charge in [-0.05, 0) is 56.5 Å². The van der Waals surface area contributed by atoms with Crippen LogP contribution in [0.15, 0.2) is 47.5 Å². The van der Waals surface area contributed by atoms with Crippen molar-refractivity contribution in [2.24, 2.45) is 0 Å². The van der Waals surface area contributed by atoms with Crippen LogP contribution in [0.2, 0.25) is 10.0 Å². The summed E-state index contributed by atoms with van der Waals surface area (Å²) in [7, 11) is -2.43. The third-order valence-electron chi connectivity index (χ3n) is 5.95. The Bertz CT molecular complexity index is 1400. The number of carbonyl (C=O) groups is 1. The van der Waals surface area contributed by atoms with Gasteiger partial charge in [0.2, 0.25) is 10.0 Å². The quantitative estimate of drug-likeness (QED) is 0.346. The van der Waals surface area contributed by atoms with Gasteiger partial charge in [-0.15, -0.1) is 0 Å². The molecule has 4 rings (SSSR count). The highest BCUT2D eigenvalue weighted by Gasteiger charge is 2.34. The van der Waals surface area contributed by atoms with E-state index in [1.807, 2.05) is 0 Å². The maximum Gasteiger partial charge on any atom is 0.327 e. The molecule has 0 saturated carbocycles. The predicted octanol–water partition coefficient (Wildman–Crippen LogP) is 5.38. The Morgan fingerprint density at radius 1 is 1.22 bits per heavy atom. The number of fused-ring (bicyclic) bond motifs is 1. The molecule has 0 fully saturated rings. The van der Waals surface area contributed by atoms with Gasteiger partial charge in [-0.3, -0.25) is 9.48 Å². The molecule has 0 aliphatic heterocycles. The van der Waals surface area contributed by atoms with Crippen LogP contribution < -0.4 is 4.74 Å². The molecule has 0 spiro atoms. The molecule has 0 radical (unpaired) electrons. The van der Waals surface area contributed by atoms with E-state index in [9.17, 15) is 17.6 Å². The minimum Gasteiger partial charge on any atom is -0.465 e. The number of esters is 1. The van der Waals surface area contributed by atoms with Gasteiger partial charge in [0, 0.05) is 24.4 Å². The zero-order chi connectivity index (χ0) is 26.0. The summed E-state index contributed by atoms with van der Waals surface area (Å²) < 4.78 is 54.1. The van der Waals surface area contributed by atoms with E-state index in [4.69, 9.17) is 32.7 Å². The van der Waals surface area contributed by atoms with Crippen molar-refractivity contribution in [3.63, 3.8) is 0 Å². The molecule has 192 valence electrons. The molecule has 3 aromatic rings. The molecule has 1 aromatic heterocycles. The Morgan fingerprint density at radius 2 is 2.00 bits per heavy atom. The smallest absolute Gasteiger partial charge is 0.327 e. The standard InChI is InChI=1S/C24H24Cl2FN3O5S/c1-3-34-24(31)14-30-22-6-4-5-21(17(22)13-28-30)29(2)36(32,33)16-8-10-23(19(26)12-16)35-15-7-9-18(25)20(27)11-15/h7-13,21H,3-6,14H2,1-2H3. The van der Waals surface area contributed by atoms with E-state index in [1.54, 1.807) is 17.8 Å². The van der Waals surface area contributed by atoms with Gasteiger partial charge >= 0.3 is 5.97 Å². The molecule has 36 heavy (non-hydrogen) atoms. The fourth-order valence-electron chi connectivity index (χ4n) is 4.16. The van der Waals surface area contributed by atoms with E-state index >= 15 is 0 Å². The van der Waals surface area contributed by atoms with Crippen LogP contribution in [0.1, 0.15) is 37.1 Å². The fourth-order valence-corrected chi connectivity index (χ4v) is 5.96. The van der Waals surface area contributed by atoms with Gasteiger partial charge in [-0.1, -0.05) is 23.2 Å². The zero-order valence-electron chi connectivity index (χ0n) is 19.6. The number of hydrogen-bond acceptors (Lipinski definition) is 6. The van der Waals surface area contributed by atoms with Crippen molar-refractivity contribution >= 4 is 39.2 Å². The number of sulfonamides is 1. The van der Waals surface area contributed by atoms with Gasteiger partial charge in [0.25, 0.3) is 0 Å². The first-order valence-electron chi connectivity index (χ1n) is 11.2. The summed E-state index contributed by atoms with van der Waals surface area (Å²) in [6.07, 6.45) is 3.63. The molecular formula is C24H24Cl2FN3O5S. The lowest BCUT2D eigenvalue weighted by molar-refractivity contribution is -0.144. The molecule has 1 atom stereocenters. The van der Waals surface area contributed by atoms with Gasteiger partial charge < -0.3 is 9.47 Å². The molecule has 1 heterocycles. The summed E-state index contributed by atoms with van der Waals surface area (Å²) in [6.45, 7) is 1.98. The molecule has 2 aromatic carbocycles. The molecule has 8 nitrogen and oxygen atoms in total. The first-order chi connectivity index (χ1) is 17.1. The van der Waals surface area contributed by atoms with Crippen molar-refractivity contribution in [3.8, 4) is 11.5 Å². The number of rotatable bonds is 8. The maximum atomic E-state index is 13.7. The van der Waals surface area contributed by atoms with Crippen LogP contribution in [0.4, 0.5) is 4.39 Å². The van der Waals surface area contributed by atoms with Crippen molar-refractivity contribution < 1.29 is 27.1 Å². The number of halogens is 3. The van der Waals surface area contributed by atoms with Crippen LogP contribution in [-0.2, 0) is 32.5 Å². The van der Waals surface area contributed by atoms with E-state index in [0.29, 0.717) is 12.8 Å². The Balaban J connectivity index is 1.56. The van der Waals surface area contributed by atoms with E-state index < -0.39 is 27.9 Å². The Morgan fingerprint density at radius 3 is 2.69 bits per heavy atom. The number of aromatic nitrogens is 2. The van der Waals surface area contributed by atoms with E-state index in [2.05, 4.69) is 5.10 Å². The Hall–Kier alpha value is -2.66. The third kappa shape index (κ3) is 5.36. The summed E-state index contributed by atoms with van der Waals surface area (Å²) in [5.74, 6) is -0.713. The fraction of sp³-hybridized carbons (Fsp3) is 0.333. The molecule has 1 unspecified atom stereocenters. The molecule has 0 amide bonds. The molecule has 1 aliphatic rings. The highest BCUT2D eigenvalue weighted by atomic mass is 35.5. The number of nitrogens with zero attached hydrogens (tertiary/aromatic N) is 3. The van der Waals surface area contributed by atoms with Crippen LogP contribution in [0, 0.1) is 5.82 Å². The molecule has 1 aliphatic carbocycles. The summed E-state index contributed by atoms with van der Waals surface area (Å²) in [4.78, 5) is 11.9. The lowest BCUT2D eigenvalue weighted by Gasteiger charge is -2.31. The third-order valence-corrected chi connectivity index (χ3v) is 8.42. The minimum absolute atomic E-state index is 0.0179. The summed E-state index contributed by atoms with van der Waals surface area (Å²) in [6, 6.07) is 7.57. The second-order valence-electron chi connectivity index (χ2n) is 8.21. The van der Waals surface area contributed by atoms with Crippen molar-refractivity contribution in [2.75, 3.05) is 13.7 Å². The summed E-state index contributed by atoms with van der Waals surface area (Å²) >= 11 is 12.0. The van der Waals surface area contributed by atoms with E-state index in [-0.39, 0.29) is 39.6 Å². The largest absolute Gasteiger partial charge is 0.465 e. The average Bonchev–Trinajstić information content (AvgIpc) is 3.25. The van der Waals surface area contributed by atoms with Crippen molar-refractivity contribution in [2.45, 2.75) is 43.7 Å². The first kappa shape index (κ1) is 26.4.